The van der Waals surface area contributed by atoms with E-state index < -0.39 is 0 Å². The molecule has 2 N–H and O–H groups in total. The second-order valence-corrected chi connectivity index (χ2v) is 4.08. The van der Waals surface area contributed by atoms with Crippen LogP contribution in [0.2, 0.25) is 5.02 Å². The van der Waals surface area contributed by atoms with Gasteiger partial charge >= 0.3 is 0 Å². The number of H-pyrrole nitrogens is 1. The van der Waals surface area contributed by atoms with E-state index in [0.717, 1.165) is 5.56 Å². The Bertz CT molecular complexity index is 563. The summed E-state index contributed by atoms with van der Waals surface area (Å²) >= 11 is 5.94. The van der Waals surface area contributed by atoms with Gasteiger partial charge in [-0.05, 0) is 6.92 Å². The third-order valence-electron chi connectivity index (χ3n) is 2.47. The highest BCUT2D eigenvalue weighted by Gasteiger charge is 2.11. The van der Waals surface area contributed by atoms with Crippen LogP contribution in [0.25, 0.3) is 0 Å². The maximum absolute atomic E-state index is 11.6. The van der Waals surface area contributed by atoms with Gasteiger partial charge in [0.25, 0.3) is 5.56 Å². The quantitative estimate of drug-likeness (QED) is 0.865. The van der Waals surface area contributed by atoms with Gasteiger partial charge in [-0.2, -0.15) is 10.2 Å². The zero-order valence-corrected chi connectivity index (χ0v) is 10.2. The number of hydrogen-bond donors (Lipinski definition) is 2. The largest absolute Gasteiger partial charge is 0.376 e. The van der Waals surface area contributed by atoms with Crippen LogP contribution in [0.1, 0.15) is 18.5 Å². The Balaban J connectivity index is 2.25. The van der Waals surface area contributed by atoms with Crippen LogP contribution in [0.3, 0.4) is 0 Å². The minimum absolute atomic E-state index is 0.0137. The van der Waals surface area contributed by atoms with Crippen molar-refractivity contribution in [3.05, 3.63) is 39.5 Å². The summed E-state index contributed by atoms with van der Waals surface area (Å²) in [5.74, 6) is 0. The molecule has 7 heteroatoms. The molecule has 0 fully saturated rings. The molecule has 2 aromatic rings. The van der Waals surface area contributed by atoms with E-state index in [4.69, 9.17) is 11.6 Å². The fourth-order valence-electron chi connectivity index (χ4n) is 1.43. The highest BCUT2D eigenvalue weighted by molar-refractivity contribution is 6.32. The van der Waals surface area contributed by atoms with E-state index in [1.807, 2.05) is 6.92 Å². The van der Waals surface area contributed by atoms with E-state index in [9.17, 15) is 4.79 Å². The highest BCUT2D eigenvalue weighted by Crippen LogP contribution is 2.21. The molecule has 6 nitrogen and oxygen atoms in total. The number of halogens is 1. The molecular weight excluding hydrogens is 242 g/mol. The molecule has 1 atom stereocenters. The second kappa shape index (κ2) is 4.58. The van der Waals surface area contributed by atoms with Crippen molar-refractivity contribution in [1.82, 2.24) is 20.0 Å². The lowest BCUT2D eigenvalue weighted by Gasteiger charge is -2.14. The lowest BCUT2D eigenvalue weighted by Crippen LogP contribution is -2.21. The molecule has 0 bridgehead atoms. The third-order valence-corrected chi connectivity index (χ3v) is 2.83. The van der Waals surface area contributed by atoms with E-state index in [2.05, 4.69) is 20.6 Å². The summed E-state index contributed by atoms with van der Waals surface area (Å²) in [5, 5.41) is 13.7. The Labute approximate surface area is 103 Å². The first kappa shape index (κ1) is 11.7. The molecule has 1 unspecified atom stereocenters. The van der Waals surface area contributed by atoms with Crippen molar-refractivity contribution >= 4 is 17.3 Å². The molecule has 0 spiro atoms. The number of aryl methyl sites for hydroxylation is 1. The molecule has 0 aliphatic heterocycles. The molecule has 0 aliphatic carbocycles. The number of nitrogens with zero attached hydrogens (tertiary/aromatic N) is 3. The van der Waals surface area contributed by atoms with Crippen LogP contribution in [-0.4, -0.2) is 20.0 Å². The molecule has 90 valence electrons. The molecule has 0 aromatic carbocycles. The molecule has 2 aromatic heterocycles. The van der Waals surface area contributed by atoms with Crippen LogP contribution in [0.5, 0.6) is 0 Å². The summed E-state index contributed by atoms with van der Waals surface area (Å²) in [4.78, 5) is 11.6. The lowest BCUT2D eigenvalue weighted by atomic mass is 10.2. The van der Waals surface area contributed by atoms with Gasteiger partial charge in [0, 0.05) is 18.8 Å². The molecule has 2 rings (SSSR count). The zero-order chi connectivity index (χ0) is 12.4. The average molecular weight is 254 g/mol. The van der Waals surface area contributed by atoms with Gasteiger partial charge in [0.15, 0.2) is 0 Å². The van der Waals surface area contributed by atoms with Crippen molar-refractivity contribution in [3.8, 4) is 0 Å². The van der Waals surface area contributed by atoms with Crippen molar-refractivity contribution in [1.29, 1.82) is 0 Å². The van der Waals surface area contributed by atoms with Gasteiger partial charge in [0.2, 0.25) is 0 Å². The normalized spacial score (nSPS) is 12.4. The molecule has 0 radical (unpaired) electrons. The van der Waals surface area contributed by atoms with Crippen molar-refractivity contribution in [2.75, 3.05) is 5.32 Å². The van der Waals surface area contributed by atoms with Gasteiger partial charge in [-0.25, -0.2) is 4.68 Å². The summed E-state index contributed by atoms with van der Waals surface area (Å²) in [6.07, 6.45) is 5.01. The Hall–Kier alpha value is -1.82. The van der Waals surface area contributed by atoms with Crippen LogP contribution in [0.4, 0.5) is 5.69 Å². The van der Waals surface area contributed by atoms with Crippen molar-refractivity contribution in [2.45, 2.75) is 13.0 Å². The summed E-state index contributed by atoms with van der Waals surface area (Å²) < 4.78 is 1.19. The SMILES string of the molecule is CC(Nc1cnn(C)c(=O)c1Cl)c1cn[nH]c1. The van der Waals surface area contributed by atoms with Gasteiger partial charge in [-0.1, -0.05) is 11.6 Å². The maximum atomic E-state index is 11.6. The highest BCUT2D eigenvalue weighted by atomic mass is 35.5. The first-order valence-corrected chi connectivity index (χ1v) is 5.44. The van der Waals surface area contributed by atoms with Crippen LogP contribution >= 0.6 is 11.6 Å². The molecule has 0 aliphatic rings. The summed E-state index contributed by atoms with van der Waals surface area (Å²) in [6.45, 7) is 1.94. The fourth-order valence-corrected chi connectivity index (χ4v) is 1.65. The lowest BCUT2D eigenvalue weighted by molar-refractivity contribution is 0.706. The van der Waals surface area contributed by atoms with Gasteiger partial charge < -0.3 is 5.32 Å². The first-order valence-electron chi connectivity index (χ1n) is 5.06. The van der Waals surface area contributed by atoms with Gasteiger partial charge in [-0.15, -0.1) is 0 Å². The minimum atomic E-state index is -0.323. The van der Waals surface area contributed by atoms with Gasteiger partial charge in [-0.3, -0.25) is 9.89 Å². The molecule has 2 heterocycles. The monoisotopic (exact) mass is 253 g/mol. The minimum Gasteiger partial charge on any atom is -0.376 e. The van der Waals surface area contributed by atoms with E-state index in [1.165, 1.54) is 10.9 Å². The Morgan fingerprint density at radius 2 is 2.29 bits per heavy atom. The van der Waals surface area contributed by atoms with Gasteiger partial charge in [0.1, 0.15) is 5.02 Å². The summed E-state index contributed by atoms with van der Waals surface area (Å²) in [6, 6.07) is -0.0137. The molecule has 17 heavy (non-hydrogen) atoms. The predicted molar refractivity (Wildman–Crippen MR) is 65.1 cm³/mol. The number of nitrogens with one attached hydrogen (secondary N) is 2. The molecule has 0 amide bonds. The molecule has 0 saturated heterocycles. The molecule has 0 saturated carbocycles. The van der Waals surface area contributed by atoms with Crippen LogP contribution in [-0.2, 0) is 7.05 Å². The zero-order valence-electron chi connectivity index (χ0n) is 9.44. The average Bonchev–Trinajstić information content (AvgIpc) is 2.83. The van der Waals surface area contributed by atoms with E-state index >= 15 is 0 Å². The van der Waals surface area contributed by atoms with E-state index in [1.54, 1.807) is 19.4 Å². The van der Waals surface area contributed by atoms with Crippen molar-refractivity contribution in [3.63, 3.8) is 0 Å². The van der Waals surface area contributed by atoms with E-state index in [0.29, 0.717) is 5.69 Å². The summed E-state index contributed by atoms with van der Waals surface area (Å²) in [7, 11) is 1.55. The number of aromatic nitrogens is 4. The molecular formula is C10H12ClN5O. The maximum Gasteiger partial charge on any atom is 0.287 e. The Morgan fingerprint density at radius 1 is 1.53 bits per heavy atom. The van der Waals surface area contributed by atoms with Crippen LogP contribution < -0.4 is 10.9 Å². The Kier molecular flexibility index (Phi) is 3.14. The number of aromatic amines is 1. The summed E-state index contributed by atoms with van der Waals surface area (Å²) in [5.41, 5.74) is 1.17. The first-order chi connectivity index (χ1) is 8.09. The van der Waals surface area contributed by atoms with E-state index in [-0.39, 0.29) is 16.6 Å². The van der Waals surface area contributed by atoms with Crippen LogP contribution in [0.15, 0.2) is 23.4 Å². The third kappa shape index (κ3) is 2.31. The van der Waals surface area contributed by atoms with Crippen molar-refractivity contribution in [2.24, 2.45) is 7.05 Å². The number of rotatable bonds is 3. The standard InChI is InChI=1S/C10H12ClN5O/c1-6(7-3-12-13-4-7)15-8-5-14-16(2)10(17)9(8)11/h3-6,15H,1-2H3,(H,12,13). The second-order valence-electron chi connectivity index (χ2n) is 3.70. The fraction of sp³-hybridized carbons (Fsp3) is 0.300. The Morgan fingerprint density at radius 3 is 2.94 bits per heavy atom. The van der Waals surface area contributed by atoms with Gasteiger partial charge in [0.05, 0.1) is 24.1 Å². The topological polar surface area (TPSA) is 75.6 Å². The smallest absolute Gasteiger partial charge is 0.287 e. The predicted octanol–water partition coefficient (Wildman–Crippen LogP) is 1.33. The number of hydrogen-bond acceptors (Lipinski definition) is 4. The van der Waals surface area contributed by atoms with Crippen LogP contribution in [0, 0.1) is 0 Å². The van der Waals surface area contributed by atoms with Crippen molar-refractivity contribution < 1.29 is 0 Å². The number of anilines is 1.